The number of benzene rings is 1. The average molecular weight is 193 g/mol. The summed E-state index contributed by atoms with van der Waals surface area (Å²) < 4.78 is 4.46. The second-order valence-corrected chi connectivity index (χ2v) is 2.63. The number of esters is 1. The highest BCUT2D eigenvalue weighted by atomic mass is 16.5. The van der Waals surface area contributed by atoms with Crippen LogP contribution in [0.4, 0.5) is 5.69 Å². The van der Waals surface area contributed by atoms with Gasteiger partial charge in [-0.3, -0.25) is 9.59 Å². The van der Waals surface area contributed by atoms with E-state index in [0.29, 0.717) is 11.3 Å². The van der Waals surface area contributed by atoms with E-state index in [9.17, 15) is 9.59 Å². The van der Waals surface area contributed by atoms with Crippen molar-refractivity contribution in [2.24, 2.45) is 0 Å². The van der Waals surface area contributed by atoms with E-state index in [1.54, 1.807) is 24.3 Å². The van der Waals surface area contributed by atoms with Crippen LogP contribution in [-0.4, -0.2) is 25.9 Å². The third kappa shape index (κ3) is 2.58. The lowest BCUT2D eigenvalue weighted by Crippen LogP contribution is -2.15. The quantitative estimate of drug-likeness (QED) is 0.574. The van der Waals surface area contributed by atoms with Crippen molar-refractivity contribution in [1.82, 2.24) is 0 Å². The van der Waals surface area contributed by atoms with Crippen molar-refractivity contribution in [2.75, 3.05) is 19.0 Å². The molecular formula is C10H11NO3. The Bertz CT molecular complexity index is 336. The molecule has 0 amide bonds. The topological polar surface area (TPSA) is 55.4 Å². The predicted octanol–water partition coefficient (Wildman–Crippen LogP) is 1.08. The van der Waals surface area contributed by atoms with E-state index in [0.717, 1.165) is 6.29 Å². The maximum absolute atomic E-state index is 10.8. The molecule has 0 fully saturated rings. The maximum Gasteiger partial charge on any atom is 0.325 e. The van der Waals surface area contributed by atoms with Crippen LogP contribution in [0.25, 0.3) is 0 Å². The molecule has 0 saturated carbocycles. The monoisotopic (exact) mass is 193 g/mol. The van der Waals surface area contributed by atoms with E-state index < -0.39 is 0 Å². The van der Waals surface area contributed by atoms with Crippen LogP contribution in [-0.2, 0) is 9.53 Å². The molecule has 1 aromatic carbocycles. The van der Waals surface area contributed by atoms with Crippen molar-refractivity contribution in [3.63, 3.8) is 0 Å². The summed E-state index contributed by atoms with van der Waals surface area (Å²) in [5.74, 6) is -0.370. The molecule has 0 atom stereocenters. The largest absolute Gasteiger partial charge is 0.468 e. The SMILES string of the molecule is COC(=O)CNc1ccccc1C=O. The van der Waals surface area contributed by atoms with Gasteiger partial charge in [0.1, 0.15) is 6.54 Å². The van der Waals surface area contributed by atoms with Crippen LogP contribution in [0.2, 0.25) is 0 Å². The van der Waals surface area contributed by atoms with E-state index in [1.165, 1.54) is 7.11 Å². The van der Waals surface area contributed by atoms with Crippen molar-refractivity contribution in [2.45, 2.75) is 0 Å². The fourth-order valence-electron chi connectivity index (χ4n) is 1.00. The van der Waals surface area contributed by atoms with Gasteiger partial charge in [0.15, 0.2) is 6.29 Å². The Labute approximate surface area is 81.9 Å². The molecular weight excluding hydrogens is 182 g/mol. The van der Waals surface area contributed by atoms with Crippen molar-refractivity contribution >= 4 is 17.9 Å². The van der Waals surface area contributed by atoms with Crippen molar-refractivity contribution in [3.05, 3.63) is 29.8 Å². The van der Waals surface area contributed by atoms with E-state index in [4.69, 9.17) is 0 Å². The molecule has 1 aromatic rings. The van der Waals surface area contributed by atoms with Crippen LogP contribution in [0.1, 0.15) is 10.4 Å². The molecule has 14 heavy (non-hydrogen) atoms. The number of para-hydroxylation sites is 1. The summed E-state index contributed by atoms with van der Waals surface area (Å²) in [4.78, 5) is 21.4. The fraction of sp³-hybridized carbons (Fsp3) is 0.200. The highest BCUT2D eigenvalue weighted by Gasteiger charge is 2.02. The minimum atomic E-state index is -0.370. The molecule has 0 bridgehead atoms. The first-order valence-corrected chi connectivity index (χ1v) is 4.13. The molecule has 4 nitrogen and oxygen atoms in total. The second-order valence-electron chi connectivity index (χ2n) is 2.63. The lowest BCUT2D eigenvalue weighted by molar-refractivity contribution is -0.138. The summed E-state index contributed by atoms with van der Waals surface area (Å²) in [7, 11) is 1.32. The molecule has 0 aliphatic heterocycles. The Kier molecular flexibility index (Phi) is 3.67. The first-order valence-electron chi connectivity index (χ1n) is 4.13. The molecule has 0 aliphatic rings. The van der Waals surface area contributed by atoms with Gasteiger partial charge in [0.2, 0.25) is 0 Å². The molecule has 74 valence electrons. The van der Waals surface area contributed by atoms with Gasteiger partial charge in [-0.25, -0.2) is 0 Å². The van der Waals surface area contributed by atoms with E-state index in [1.807, 2.05) is 0 Å². The van der Waals surface area contributed by atoms with Crippen molar-refractivity contribution < 1.29 is 14.3 Å². The number of ether oxygens (including phenoxy) is 1. The molecule has 0 heterocycles. The van der Waals surface area contributed by atoms with Crippen LogP contribution < -0.4 is 5.32 Å². The summed E-state index contributed by atoms with van der Waals surface area (Å²) in [6.07, 6.45) is 0.736. The van der Waals surface area contributed by atoms with Gasteiger partial charge in [-0.2, -0.15) is 0 Å². The van der Waals surface area contributed by atoms with Crippen molar-refractivity contribution in [1.29, 1.82) is 0 Å². The molecule has 0 unspecified atom stereocenters. The third-order valence-corrected chi connectivity index (χ3v) is 1.74. The van der Waals surface area contributed by atoms with Crippen LogP contribution in [0, 0.1) is 0 Å². The van der Waals surface area contributed by atoms with Gasteiger partial charge in [0.05, 0.1) is 7.11 Å². The standard InChI is InChI=1S/C10H11NO3/c1-14-10(13)6-11-9-5-3-2-4-8(9)7-12/h2-5,7,11H,6H2,1H3. The summed E-state index contributed by atoms with van der Waals surface area (Å²) in [5.41, 5.74) is 1.16. The zero-order valence-corrected chi connectivity index (χ0v) is 7.82. The Morgan fingerprint density at radius 1 is 1.50 bits per heavy atom. The number of carbonyl (C=O) groups excluding carboxylic acids is 2. The Morgan fingerprint density at radius 2 is 2.21 bits per heavy atom. The van der Waals surface area contributed by atoms with Gasteiger partial charge in [0.25, 0.3) is 0 Å². The summed E-state index contributed by atoms with van der Waals surface area (Å²) >= 11 is 0. The first kappa shape index (κ1) is 10.2. The predicted molar refractivity (Wildman–Crippen MR) is 52.3 cm³/mol. The second kappa shape index (κ2) is 5.01. The normalized spacial score (nSPS) is 9.21. The number of hydrogen-bond donors (Lipinski definition) is 1. The molecule has 1 N–H and O–H groups in total. The van der Waals surface area contributed by atoms with Gasteiger partial charge in [0, 0.05) is 11.3 Å². The van der Waals surface area contributed by atoms with E-state index in [2.05, 4.69) is 10.1 Å². The number of nitrogens with one attached hydrogen (secondary N) is 1. The first-order chi connectivity index (χ1) is 6.77. The van der Waals surface area contributed by atoms with Gasteiger partial charge in [-0.15, -0.1) is 0 Å². The fourth-order valence-corrected chi connectivity index (χ4v) is 1.00. The number of hydrogen-bond acceptors (Lipinski definition) is 4. The number of methoxy groups -OCH3 is 1. The smallest absolute Gasteiger partial charge is 0.325 e. The minimum Gasteiger partial charge on any atom is -0.468 e. The van der Waals surface area contributed by atoms with Gasteiger partial charge in [-0.1, -0.05) is 12.1 Å². The summed E-state index contributed by atoms with van der Waals surface area (Å²) in [5, 5.41) is 2.81. The highest BCUT2D eigenvalue weighted by molar-refractivity contribution is 5.85. The molecule has 0 aliphatic carbocycles. The van der Waals surface area contributed by atoms with Crippen LogP contribution in [0.15, 0.2) is 24.3 Å². The number of anilines is 1. The van der Waals surface area contributed by atoms with Gasteiger partial charge < -0.3 is 10.1 Å². The zero-order chi connectivity index (χ0) is 10.4. The number of carbonyl (C=O) groups is 2. The van der Waals surface area contributed by atoms with E-state index >= 15 is 0 Å². The highest BCUT2D eigenvalue weighted by Crippen LogP contribution is 2.11. The van der Waals surface area contributed by atoms with Gasteiger partial charge >= 0.3 is 5.97 Å². The lowest BCUT2D eigenvalue weighted by atomic mass is 10.2. The minimum absolute atomic E-state index is 0.0569. The Balaban J connectivity index is 2.66. The average Bonchev–Trinajstić information content (AvgIpc) is 2.26. The van der Waals surface area contributed by atoms with E-state index in [-0.39, 0.29) is 12.5 Å². The molecule has 1 rings (SSSR count). The van der Waals surface area contributed by atoms with Crippen LogP contribution >= 0.6 is 0 Å². The molecule has 0 aromatic heterocycles. The lowest BCUT2D eigenvalue weighted by Gasteiger charge is -2.06. The molecule has 4 heteroatoms. The molecule has 0 saturated heterocycles. The van der Waals surface area contributed by atoms with Crippen LogP contribution in [0.5, 0.6) is 0 Å². The summed E-state index contributed by atoms with van der Waals surface area (Å²) in [6.45, 7) is 0.0569. The molecule has 0 spiro atoms. The molecule has 0 radical (unpaired) electrons. The Morgan fingerprint density at radius 3 is 2.86 bits per heavy atom. The van der Waals surface area contributed by atoms with Gasteiger partial charge in [-0.05, 0) is 12.1 Å². The van der Waals surface area contributed by atoms with Crippen LogP contribution in [0.3, 0.4) is 0 Å². The number of rotatable bonds is 4. The Hall–Kier alpha value is -1.84. The maximum atomic E-state index is 10.8. The van der Waals surface area contributed by atoms with Crippen molar-refractivity contribution in [3.8, 4) is 0 Å². The number of aldehydes is 1. The third-order valence-electron chi connectivity index (χ3n) is 1.74. The zero-order valence-electron chi connectivity index (χ0n) is 7.82. The summed E-state index contributed by atoms with van der Waals surface area (Å²) in [6, 6.07) is 6.94.